The number of pyridine rings is 1. The van der Waals surface area contributed by atoms with Crippen molar-refractivity contribution in [3.8, 4) is 11.1 Å². The third-order valence-electron chi connectivity index (χ3n) is 8.35. The average molecular weight is 585 g/mol. The molecule has 0 unspecified atom stereocenters. The summed E-state index contributed by atoms with van der Waals surface area (Å²) in [6.07, 6.45) is 4.05. The summed E-state index contributed by atoms with van der Waals surface area (Å²) in [6.45, 7) is 0. The molecule has 2 nitrogen and oxygen atoms in total. The van der Waals surface area contributed by atoms with Gasteiger partial charge in [-0.25, -0.2) is 0 Å². The number of rotatable bonds is 4. The van der Waals surface area contributed by atoms with Gasteiger partial charge in [-0.1, -0.05) is 103 Å². The number of anilines is 3. The Kier molecular flexibility index (Phi) is 5.58. The van der Waals surface area contributed by atoms with Crippen molar-refractivity contribution in [2.75, 3.05) is 4.90 Å². The molecule has 3 heterocycles. The molecule has 0 aliphatic carbocycles. The van der Waals surface area contributed by atoms with Gasteiger partial charge >= 0.3 is 0 Å². The average Bonchev–Trinajstić information content (AvgIpc) is 3.64. The molecule has 9 aromatic rings. The maximum atomic E-state index is 4.82. The summed E-state index contributed by atoms with van der Waals surface area (Å²) in [5.74, 6) is 0. The maximum absolute atomic E-state index is 4.82. The van der Waals surface area contributed by atoms with Gasteiger partial charge < -0.3 is 4.90 Å². The predicted molar refractivity (Wildman–Crippen MR) is 188 cm³/mol. The van der Waals surface area contributed by atoms with Gasteiger partial charge in [-0.3, -0.25) is 4.98 Å². The van der Waals surface area contributed by atoms with Gasteiger partial charge in [0.05, 0.1) is 16.6 Å². The second-order valence-electron chi connectivity index (χ2n) is 10.8. The van der Waals surface area contributed by atoms with Crippen molar-refractivity contribution in [3.05, 3.63) is 146 Å². The molecule has 4 heteroatoms. The molecule has 0 radical (unpaired) electrons. The Morgan fingerprint density at radius 2 is 1.14 bits per heavy atom. The maximum Gasteiger partial charge on any atom is 0.0824 e. The van der Waals surface area contributed by atoms with Crippen LogP contribution in [0.2, 0.25) is 0 Å². The Balaban J connectivity index is 1.29. The van der Waals surface area contributed by atoms with Crippen molar-refractivity contribution in [1.29, 1.82) is 0 Å². The van der Waals surface area contributed by atoms with Crippen LogP contribution in [0, 0.1) is 0 Å². The summed E-state index contributed by atoms with van der Waals surface area (Å²) >= 11 is 3.72. The molecule has 202 valence electrons. The van der Waals surface area contributed by atoms with E-state index < -0.39 is 0 Å². The number of hydrogen-bond acceptors (Lipinski definition) is 4. The van der Waals surface area contributed by atoms with Crippen LogP contribution in [-0.4, -0.2) is 4.98 Å². The van der Waals surface area contributed by atoms with Crippen LogP contribution in [0.5, 0.6) is 0 Å². The molecule has 0 amide bonds. The van der Waals surface area contributed by atoms with E-state index in [0.717, 1.165) is 17.1 Å². The van der Waals surface area contributed by atoms with Gasteiger partial charge in [0.1, 0.15) is 0 Å². The highest BCUT2D eigenvalue weighted by Crippen LogP contribution is 2.47. The number of fused-ring (bicyclic) bond motifs is 8. The standard InChI is InChI=1S/C39H24N2S2/c1-2-8-25(9-3-1)26-14-17-28(18-15-26)41(29-19-21-32-31-12-6-7-13-36(31)42-37(32)22-29)35-24-40-23-34-33-20-16-27-10-4-5-11-30(27)38(33)43-39(34)35/h1-24H. The minimum atomic E-state index is 1.09. The molecular formula is C39H24N2S2. The van der Waals surface area contributed by atoms with E-state index in [-0.39, 0.29) is 0 Å². The van der Waals surface area contributed by atoms with Crippen LogP contribution in [0.25, 0.3) is 62.2 Å². The van der Waals surface area contributed by atoms with E-state index in [0.29, 0.717) is 0 Å². The lowest BCUT2D eigenvalue weighted by atomic mass is 10.0. The Labute approximate surface area is 256 Å². The van der Waals surface area contributed by atoms with E-state index in [2.05, 4.69) is 138 Å². The minimum absolute atomic E-state index is 1.09. The van der Waals surface area contributed by atoms with Gasteiger partial charge in [0, 0.05) is 53.2 Å². The van der Waals surface area contributed by atoms with Crippen LogP contribution in [0.1, 0.15) is 0 Å². The second-order valence-corrected chi connectivity index (χ2v) is 12.9. The normalized spacial score (nSPS) is 11.7. The first-order valence-electron chi connectivity index (χ1n) is 14.4. The predicted octanol–water partition coefficient (Wildman–Crippen LogP) is 12.1. The molecule has 43 heavy (non-hydrogen) atoms. The quantitative estimate of drug-likeness (QED) is 0.205. The molecule has 6 aromatic carbocycles. The lowest BCUT2D eigenvalue weighted by Crippen LogP contribution is -2.10. The van der Waals surface area contributed by atoms with Crippen LogP contribution in [-0.2, 0) is 0 Å². The van der Waals surface area contributed by atoms with E-state index in [9.17, 15) is 0 Å². The fourth-order valence-electron chi connectivity index (χ4n) is 6.28. The van der Waals surface area contributed by atoms with Crippen molar-refractivity contribution in [2.24, 2.45) is 0 Å². The molecule has 0 aliphatic rings. The summed E-state index contributed by atoms with van der Waals surface area (Å²) in [4.78, 5) is 7.20. The zero-order chi connectivity index (χ0) is 28.3. The number of aromatic nitrogens is 1. The summed E-state index contributed by atoms with van der Waals surface area (Å²) in [5, 5.41) is 7.61. The molecule has 0 saturated carbocycles. The smallest absolute Gasteiger partial charge is 0.0824 e. The van der Waals surface area contributed by atoms with E-state index in [1.54, 1.807) is 0 Å². The first-order chi connectivity index (χ1) is 21.3. The number of thiophene rings is 2. The number of benzene rings is 6. The Hall–Kier alpha value is -5.03. The fourth-order valence-corrected chi connectivity index (χ4v) is 8.73. The minimum Gasteiger partial charge on any atom is -0.308 e. The van der Waals surface area contributed by atoms with Crippen molar-refractivity contribution < 1.29 is 0 Å². The highest BCUT2D eigenvalue weighted by molar-refractivity contribution is 7.27. The van der Waals surface area contributed by atoms with Gasteiger partial charge in [0.2, 0.25) is 0 Å². The van der Waals surface area contributed by atoms with Gasteiger partial charge in [0.15, 0.2) is 0 Å². The zero-order valence-corrected chi connectivity index (χ0v) is 24.7. The lowest BCUT2D eigenvalue weighted by molar-refractivity contribution is 1.26. The Bertz CT molecular complexity index is 2450. The second kappa shape index (κ2) is 9.77. The third-order valence-corrected chi connectivity index (χ3v) is 10.8. The van der Waals surface area contributed by atoms with E-state index in [1.165, 1.54) is 62.2 Å². The molecule has 0 aliphatic heterocycles. The van der Waals surface area contributed by atoms with E-state index in [4.69, 9.17) is 4.98 Å². The fraction of sp³-hybridized carbons (Fsp3) is 0. The van der Waals surface area contributed by atoms with Gasteiger partial charge in [-0.15, -0.1) is 22.7 Å². The molecule has 0 saturated heterocycles. The highest BCUT2D eigenvalue weighted by atomic mass is 32.1. The molecule has 0 atom stereocenters. The Morgan fingerprint density at radius 1 is 0.442 bits per heavy atom. The van der Waals surface area contributed by atoms with Crippen LogP contribution < -0.4 is 4.90 Å². The first kappa shape index (κ1) is 24.6. The zero-order valence-electron chi connectivity index (χ0n) is 23.1. The number of nitrogens with zero attached hydrogens (tertiary/aromatic N) is 2. The summed E-state index contributed by atoms with van der Waals surface area (Å²) < 4.78 is 5.15. The Morgan fingerprint density at radius 3 is 2.02 bits per heavy atom. The highest BCUT2D eigenvalue weighted by Gasteiger charge is 2.20. The molecule has 0 fully saturated rings. The van der Waals surface area contributed by atoms with Crippen molar-refractivity contribution >= 4 is 90.9 Å². The first-order valence-corrected chi connectivity index (χ1v) is 16.0. The van der Waals surface area contributed by atoms with Gasteiger partial charge in [-0.05, 0) is 52.2 Å². The molecule has 9 rings (SSSR count). The SMILES string of the molecule is c1ccc(-c2ccc(N(c3ccc4c(c3)sc3ccccc34)c3cncc4c3sc3c5ccccc5ccc43)cc2)cc1. The molecule has 0 bridgehead atoms. The molecule has 0 N–H and O–H groups in total. The number of hydrogen-bond donors (Lipinski definition) is 0. The topological polar surface area (TPSA) is 16.1 Å². The van der Waals surface area contributed by atoms with Crippen LogP contribution in [0.15, 0.2) is 146 Å². The molecular weight excluding hydrogens is 561 g/mol. The van der Waals surface area contributed by atoms with Crippen molar-refractivity contribution in [1.82, 2.24) is 4.98 Å². The summed E-state index contributed by atoms with van der Waals surface area (Å²) in [6, 6.07) is 48.2. The summed E-state index contributed by atoms with van der Waals surface area (Å²) in [5.41, 5.74) is 5.75. The van der Waals surface area contributed by atoms with Crippen LogP contribution in [0.3, 0.4) is 0 Å². The molecule has 0 spiro atoms. The van der Waals surface area contributed by atoms with E-state index in [1.807, 2.05) is 35.1 Å². The largest absolute Gasteiger partial charge is 0.308 e. The van der Waals surface area contributed by atoms with E-state index >= 15 is 0 Å². The van der Waals surface area contributed by atoms with Crippen LogP contribution >= 0.6 is 22.7 Å². The van der Waals surface area contributed by atoms with Gasteiger partial charge in [0.25, 0.3) is 0 Å². The van der Waals surface area contributed by atoms with Crippen molar-refractivity contribution in [3.63, 3.8) is 0 Å². The summed E-state index contributed by atoms with van der Waals surface area (Å²) in [7, 11) is 0. The lowest BCUT2D eigenvalue weighted by Gasteiger charge is -2.26. The third kappa shape index (κ3) is 3.95. The van der Waals surface area contributed by atoms with Crippen molar-refractivity contribution in [2.45, 2.75) is 0 Å². The monoisotopic (exact) mass is 584 g/mol. The molecule has 3 aromatic heterocycles. The van der Waals surface area contributed by atoms with Gasteiger partial charge in [-0.2, -0.15) is 0 Å². The van der Waals surface area contributed by atoms with Crippen LogP contribution in [0.4, 0.5) is 17.1 Å².